The van der Waals surface area contributed by atoms with Crippen LogP contribution in [0.5, 0.6) is 11.5 Å². The summed E-state index contributed by atoms with van der Waals surface area (Å²) in [6.07, 6.45) is 0. The van der Waals surface area contributed by atoms with Crippen LogP contribution in [0.2, 0.25) is 0 Å². The van der Waals surface area contributed by atoms with Crippen LogP contribution in [-0.2, 0) is 0 Å². The normalized spacial score (nSPS) is 12.5. The smallest absolute Gasteiger partial charge is 0.261 e. The molecular weight excluding hydrogens is 258 g/mol. The molecule has 0 spiro atoms. The highest BCUT2D eigenvalue weighted by atomic mass is 16.5. The van der Waals surface area contributed by atoms with E-state index in [-0.39, 0.29) is 12.0 Å². The number of ether oxygens (including phenoxy) is 2. The first-order valence-electron chi connectivity index (χ1n) is 6.39. The van der Waals surface area contributed by atoms with Gasteiger partial charge in [-0.2, -0.15) is 4.98 Å². The van der Waals surface area contributed by atoms with Crippen molar-refractivity contribution in [3.8, 4) is 23.0 Å². The fourth-order valence-electron chi connectivity index (χ4n) is 1.83. The minimum atomic E-state index is -0.260. The maximum absolute atomic E-state index is 6.01. The third-order valence-corrected chi connectivity index (χ3v) is 3.09. The van der Waals surface area contributed by atoms with Gasteiger partial charge in [0.2, 0.25) is 0 Å². The van der Waals surface area contributed by atoms with E-state index in [0.29, 0.717) is 28.8 Å². The van der Waals surface area contributed by atoms with Crippen LogP contribution in [0.3, 0.4) is 0 Å². The third-order valence-electron chi connectivity index (χ3n) is 3.09. The van der Waals surface area contributed by atoms with Gasteiger partial charge in [0.1, 0.15) is 0 Å². The van der Waals surface area contributed by atoms with Crippen LogP contribution in [0.15, 0.2) is 22.7 Å². The summed E-state index contributed by atoms with van der Waals surface area (Å²) in [4.78, 5) is 4.35. The minimum Gasteiger partial charge on any atom is -0.493 e. The SMILES string of the molecule is COc1cccc(-c2nc(C(N)C(C)C)no2)c1OC. The molecule has 2 aromatic rings. The van der Waals surface area contributed by atoms with Gasteiger partial charge >= 0.3 is 0 Å². The van der Waals surface area contributed by atoms with E-state index < -0.39 is 0 Å². The predicted molar refractivity (Wildman–Crippen MR) is 74.6 cm³/mol. The summed E-state index contributed by atoms with van der Waals surface area (Å²) in [6.45, 7) is 4.01. The number of nitrogens with two attached hydrogens (primary N) is 1. The number of hydrogen-bond acceptors (Lipinski definition) is 6. The second-order valence-electron chi connectivity index (χ2n) is 4.77. The first-order chi connectivity index (χ1) is 9.58. The molecular formula is C14H19N3O3. The molecule has 1 aromatic carbocycles. The van der Waals surface area contributed by atoms with Crippen LogP contribution in [0.4, 0.5) is 0 Å². The van der Waals surface area contributed by atoms with Gasteiger partial charge < -0.3 is 19.7 Å². The molecule has 0 radical (unpaired) electrons. The molecule has 6 nitrogen and oxygen atoms in total. The summed E-state index contributed by atoms with van der Waals surface area (Å²) in [5.41, 5.74) is 6.70. The fourth-order valence-corrected chi connectivity index (χ4v) is 1.83. The van der Waals surface area contributed by atoms with Crippen LogP contribution in [0.1, 0.15) is 25.7 Å². The van der Waals surface area contributed by atoms with E-state index in [4.69, 9.17) is 19.7 Å². The molecule has 1 unspecified atom stereocenters. The number of hydrogen-bond donors (Lipinski definition) is 1. The van der Waals surface area contributed by atoms with E-state index in [1.807, 2.05) is 26.0 Å². The van der Waals surface area contributed by atoms with E-state index in [2.05, 4.69) is 10.1 Å². The molecule has 0 amide bonds. The van der Waals surface area contributed by atoms with Crippen molar-refractivity contribution in [2.45, 2.75) is 19.9 Å². The lowest BCUT2D eigenvalue weighted by atomic mass is 10.1. The Balaban J connectivity index is 2.42. The first-order valence-corrected chi connectivity index (χ1v) is 6.39. The summed E-state index contributed by atoms with van der Waals surface area (Å²) < 4.78 is 15.9. The van der Waals surface area contributed by atoms with Crippen molar-refractivity contribution in [3.63, 3.8) is 0 Å². The lowest BCUT2D eigenvalue weighted by Gasteiger charge is -2.10. The first kappa shape index (κ1) is 14.3. The molecule has 6 heteroatoms. The number of para-hydroxylation sites is 1. The third kappa shape index (κ3) is 2.60. The molecule has 1 aromatic heterocycles. The molecule has 2 rings (SSSR count). The Morgan fingerprint density at radius 1 is 1.20 bits per heavy atom. The van der Waals surface area contributed by atoms with E-state index in [1.165, 1.54) is 0 Å². The van der Waals surface area contributed by atoms with Crippen LogP contribution < -0.4 is 15.2 Å². The van der Waals surface area contributed by atoms with Gasteiger partial charge in [-0.3, -0.25) is 0 Å². The second kappa shape index (κ2) is 5.92. The summed E-state index contributed by atoms with van der Waals surface area (Å²) in [5.74, 6) is 2.25. The van der Waals surface area contributed by atoms with Crippen LogP contribution in [-0.4, -0.2) is 24.4 Å². The Hall–Kier alpha value is -2.08. The van der Waals surface area contributed by atoms with Crippen molar-refractivity contribution in [3.05, 3.63) is 24.0 Å². The zero-order valence-corrected chi connectivity index (χ0v) is 12.1. The highest BCUT2D eigenvalue weighted by Crippen LogP contribution is 2.37. The zero-order chi connectivity index (χ0) is 14.7. The van der Waals surface area contributed by atoms with Crippen molar-refractivity contribution < 1.29 is 14.0 Å². The topological polar surface area (TPSA) is 83.4 Å². The van der Waals surface area contributed by atoms with Crippen LogP contribution in [0, 0.1) is 5.92 Å². The number of aromatic nitrogens is 2. The second-order valence-corrected chi connectivity index (χ2v) is 4.77. The highest BCUT2D eigenvalue weighted by Gasteiger charge is 2.21. The van der Waals surface area contributed by atoms with E-state index in [9.17, 15) is 0 Å². The van der Waals surface area contributed by atoms with Crippen molar-refractivity contribution in [2.24, 2.45) is 11.7 Å². The molecule has 0 aliphatic carbocycles. The summed E-state index contributed by atoms with van der Waals surface area (Å²) >= 11 is 0. The molecule has 0 saturated heterocycles. The van der Waals surface area contributed by atoms with Gasteiger partial charge in [-0.1, -0.05) is 25.1 Å². The Morgan fingerprint density at radius 2 is 1.95 bits per heavy atom. The maximum atomic E-state index is 6.01. The Bertz CT molecular complexity index is 581. The molecule has 0 bridgehead atoms. The Kier molecular flexibility index (Phi) is 4.24. The van der Waals surface area contributed by atoms with Gasteiger partial charge in [-0.25, -0.2) is 0 Å². The number of methoxy groups -OCH3 is 2. The summed E-state index contributed by atoms with van der Waals surface area (Å²) in [5, 5.41) is 3.94. The standard InChI is InChI=1S/C14H19N3O3/c1-8(2)11(15)13-16-14(20-17-13)9-6-5-7-10(18-3)12(9)19-4/h5-8,11H,15H2,1-4H3. The minimum absolute atomic E-state index is 0.229. The molecule has 108 valence electrons. The van der Waals surface area contributed by atoms with E-state index >= 15 is 0 Å². The van der Waals surface area contributed by atoms with Gasteiger partial charge in [-0.05, 0) is 18.1 Å². The van der Waals surface area contributed by atoms with Crippen molar-refractivity contribution >= 4 is 0 Å². The fraction of sp³-hybridized carbons (Fsp3) is 0.429. The lowest BCUT2D eigenvalue weighted by Crippen LogP contribution is -2.18. The highest BCUT2D eigenvalue weighted by molar-refractivity contribution is 5.67. The molecule has 0 fully saturated rings. The molecule has 1 heterocycles. The van der Waals surface area contributed by atoms with Gasteiger partial charge in [0, 0.05) is 0 Å². The van der Waals surface area contributed by atoms with Crippen molar-refractivity contribution in [1.29, 1.82) is 0 Å². The number of rotatable bonds is 5. The Morgan fingerprint density at radius 3 is 2.55 bits per heavy atom. The van der Waals surface area contributed by atoms with Gasteiger partial charge in [-0.15, -0.1) is 0 Å². The molecule has 0 aliphatic rings. The van der Waals surface area contributed by atoms with Crippen molar-refractivity contribution in [1.82, 2.24) is 10.1 Å². The van der Waals surface area contributed by atoms with Gasteiger partial charge in [0.05, 0.1) is 25.8 Å². The zero-order valence-electron chi connectivity index (χ0n) is 12.1. The Labute approximate surface area is 117 Å². The average Bonchev–Trinajstić information content (AvgIpc) is 2.94. The maximum Gasteiger partial charge on any atom is 0.261 e. The molecule has 20 heavy (non-hydrogen) atoms. The van der Waals surface area contributed by atoms with Gasteiger partial charge in [0.25, 0.3) is 5.89 Å². The van der Waals surface area contributed by atoms with Crippen LogP contribution >= 0.6 is 0 Å². The predicted octanol–water partition coefficient (Wildman–Crippen LogP) is 2.41. The summed E-state index contributed by atoms with van der Waals surface area (Å²) in [7, 11) is 3.15. The van der Waals surface area contributed by atoms with Gasteiger partial charge in [0.15, 0.2) is 17.3 Å². The number of nitrogens with zero attached hydrogens (tertiary/aromatic N) is 2. The molecule has 1 atom stereocenters. The quantitative estimate of drug-likeness (QED) is 0.903. The largest absolute Gasteiger partial charge is 0.493 e. The molecule has 0 saturated carbocycles. The molecule has 2 N–H and O–H groups in total. The molecule has 0 aliphatic heterocycles. The van der Waals surface area contributed by atoms with E-state index in [1.54, 1.807) is 20.3 Å². The monoisotopic (exact) mass is 277 g/mol. The average molecular weight is 277 g/mol. The van der Waals surface area contributed by atoms with Crippen molar-refractivity contribution in [2.75, 3.05) is 14.2 Å². The van der Waals surface area contributed by atoms with Crippen LogP contribution in [0.25, 0.3) is 11.5 Å². The lowest BCUT2D eigenvalue weighted by molar-refractivity contribution is 0.353. The number of benzene rings is 1. The summed E-state index contributed by atoms with van der Waals surface area (Å²) in [6, 6.07) is 5.21. The van der Waals surface area contributed by atoms with E-state index in [0.717, 1.165) is 0 Å².